The number of carbonyl (C=O) groups is 3. The fraction of sp³-hybridized carbons (Fsp3) is 0.125. The number of nitrogens with one attached hydrogen (secondary N) is 3. The smallest absolute Gasteiger partial charge is 0.272 e. The van der Waals surface area contributed by atoms with E-state index in [1.807, 2.05) is 130 Å². The van der Waals surface area contributed by atoms with Gasteiger partial charge in [0.1, 0.15) is 10.9 Å². The first kappa shape index (κ1) is 33.8. The molecule has 5 aromatic rings. The second-order valence-corrected chi connectivity index (χ2v) is 12.7. The lowest BCUT2D eigenvalue weighted by atomic mass is 10.1. The summed E-state index contributed by atoms with van der Waals surface area (Å²) in [6.45, 7) is 4.01. The molecule has 5 aromatic carbocycles. The van der Waals surface area contributed by atoms with Gasteiger partial charge in [0.15, 0.2) is 0 Å². The first-order valence-corrected chi connectivity index (χ1v) is 16.4. The van der Waals surface area contributed by atoms with Crippen molar-refractivity contribution < 1.29 is 14.4 Å². The Morgan fingerprint density at radius 3 is 2.08 bits per heavy atom. The minimum Gasteiger partial charge on any atom is -0.378 e. The molecule has 1 unspecified atom stereocenters. The minimum atomic E-state index is -0.553. The largest absolute Gasteiger partial charge is 0.378 e. The summed E-state index contributed by atoms with van der Waals surface area (Å²) in [5.41, 5.74) is 6.56. The lowest BCUT2D eigenvalue weighted by Gasteiger charge is -2.19. The van der Waals surface area contributed by atoms with Gasteiger partial charge in [-0.1, -0.05) is 78.9 Å². The van der Waals surface area contributed by atoms with Gasteiger partial charge in [0.25, 0.3) is 11.8 Å². The second-order valence-electron chi connectivity index (χ2n) is 11.5. The van der Waals surface area contributed by atoms with Crippen LogP contribution in [-0.2, 0) is 9.59 Å². The molecule has 242 valence electrons. The van der Waals surface area contributed by atoms with Gasteiger partial charge in [0.05, 0.1) is 0 Å². The van der Waals surface area contributed by atoms with Crippen LogP contribution in [0, 0.1) is 13.8 Å². The number of hydrogen-bond acceptors (Lipinski definition) is 5. The van der Waals surface area contributed by atoms with Crippen molar-refractivity contribution in [2.24, 2.45) is 0 Å². The molecule has 0 aliphatic rings. The van der Waals surface area contributed by atoms with Crippen molar-refractivity contribution in [3.8, 4) is 0 Å². The van der Waals surface area contributed by atoms with Crippen molar-refractivity contribution >= 4 is 52.6 Å². The van der Waals surface area contributed by atoms with Crippen molar-refractivity contribution in [3.63, 3.8) is 0 Å². The molecule has 1 atom stereocenters. The standard InChI is InChI=1S/C40H38N4O3S/c1-27-13-11-20-35(28(27)2)42-40(47)37(30-14-7-5-8-15-30)48-34-19-12-18-32(26-34)41-39(46)36(43-38(45)31-16-9-6-10-17-31)25-29-21-23-33(24-22-29)44(3)4/h5-26,37H,1-4H3,(H,41,46)(H,42,47)(H,43,45)/b36-25+. The van der Waals surface area contributed by atoms with Gasteiger partial charge in [-0.25, -0.2) is 0 Å². The van der Waals surface area contributed by atoms with E-state index in [0.717, 1.165) is 38.5 Å². The summed E-state index contributed by atoms with van der Waals surface area (Å²) in [5.74, 6) is -1.03. The fourth-order valence-corrected chi connectivity index (χ4v) is 6.03. The monoisotopic (exact) mass is 654 g/mol. The highest BCUT2D eigenvalue weighted by molar-refractivity contribution is 8.00. The average molecular weight is 655 g/mol. The Hall–Kier alpha value is -5.60. The molecule has 3 amide bonds. The zero-order valence-electron chi connectivity index (χ0n) is 27.4. The van der Waals surface area contributed by atoms with Crippen LogP contribution < -0.4 is 20.9 Å². The quantitative estimate of drug-likeness (QED) is 0.0986. The number of hydrogen-bond donors (Lipinski definition) is 3. The first-order chi connectivity index (χ1) is 23.2. The molecule has 0 saturated carbocycles. The molecule has 0 spiro atoms. The van der Waals surface area contributed by atoms with Crippen LogP contribution in [0.15, 0.2) is 138 Å². The maximum atomic E-state index is 13.7. The SMILES string of the molecule is Cc1cccc(NC(=O)C(Sc2cccc(NC(=O)/C(=C\c3ccc(N(C)C)cc3)NC(=O)c3ccccc3)c2)c2ccccc2)c1C. The number of amides is 3. The number of carbonyl (C=O) groups excluding carboxylic acids is 3. The molecule has 8 heteroatoms. The highest BCUT2D eigenvalue weighted by atomic mass is 32.2. The number of aryl methyl sites for hydroxylation is 1. The van der Waals surface area contributed by atoms with Crippen LogP contribution in [-0.4, -0.2) is 31.8 Å². The summed E-state index contributed by atoms with van der Waals surface area (Å²) in [4.78, 5) is 43.3. The molecule has 0 aliphatic heterocycles. The zero-order valence-corrected chi connectivity index (χ0v) is 28.2. The lowest BCUT2D eigenvalue weighted by Crippen LogP contribution is -2.30. The van der Waals surface area contributed by atoms with Crippen molar-refractivity contribution in [2.45, 2.75) is 24.0 Å². The molecule has 0 saturated heterocycles. The molecular weight excluding hydrogens is 617 g/mol. The number of nitrogens with zero attached hydrogens (tertiary/aromatic N) is 1. The summed E-state index contributed by atoms with van der Waals surface area (Å²) in [6, 6.07) is 39.2. The third-order valence-corrected chi connectivity index (χ3v) is 9.05. The molecule has 0 heterocycles. The van der Waals surface area contributed by atoms with E-state index >= 15 is 0 Å². The normalized spacial score (nSPS) is 11.7. The predicted octanol–water partition coefficient (Wildman–Crippen LogP) is 8.25. The van der Waals surface area contributed by atoms with E-state index in [0.29, 0.717) is 11.3 Å². The number of anilines is 3. The van der Waals surface area contributed by atoms with Crippen molar-refractivity contribution in [1.29, 1.82) is 0 Å². The van der Waals surface area contributed by atoms with E-state index in [-0.39, 0.29) is 11.6 Å². The van der Waals surface area contributed by atoms with Crippen molar-refractivity contribution in [2.75, 3.05) is 29.6 Å². The van der Waals surface area contributed by atoms with E-state index in [1.165, 1.54) is 11.8 Å². The predicted molar refractivity (Wildman–Crippen MR) is 197 cm³/mol. The fourth-order valence-electron chi connectivity index (χ4n) is 4.94. The van der Waals surface area contributed by atoms with Crippen LogP contribution in [0.5, 0.6) is 0 Å². The van der Waals surface area contributed by atoms with Crippen LogP contribution in [0.3, 0.4) is 0 Å². The molecule has 3 N–H and O–H groups in total. The Bertz CT molecular complexity index is 1920. The molecule has 0 aliphatic carbocycles. The van der Waals surface area contributed by atoms with Crippen LogP contribution in [0.1, 0.15) is 37.9 Å². The lowest BCUT2D eigenvalue weighted by molar-refractivity contribution is -0.116. The maximum absolute atomic E-state index is 13.7. The summed E-state index contributed by atoms with van der Waals surface area (Å²) in [7, 11) is 3.91. The van der Waals surface area contributed by atoms with E-state index in [4.69, 9.17) is 0 Å². The molecular formula is C40H38N4O3S. The minimum absolute atomic E-state index is 0.0922. The third kappa shape index (κ3) is 8.80. The van der Waals surface area contributed by atoms with Gasteiger partial charge in [-0.05, 0) is 90.7 Å². The molecule has 5 rings (SSSR count). The Morgan fingerprint density at radius 2 is 1.40 bits per heavy atom. The molecule has 0 bridgehead atoms. The maximum Gasteiger partial charge on any atom is 0.272 e. The van der Waals surface area contributed by atoms with Gasteiger partial charge < -0.3 is 20.9 Å². The van der Waals surface area contributed by atoms with E-state index in [2.05, 4.69) is 16.0 Å². The molecule has 0 radical (unpaired) electrons. The van der Waals surface area contributed by atoms with Crippen LogP contribution >= 0.6 is 11.8 Å². The summed E-state index contributed by atoms with van der Waals surface area (Å²) < 4.78 is 0. The molecule has 48 heavy (non-hydrogen) atoms. The van der Waals surface area contributed by atoms with Gasteiger partial charge in [-0.15, -0.1) is 11.8 Å². The van der Waals surface area contributed by atoms with Crippen LogP contribution in [0.2, 0.25) is 0 Å². The summed E-state index contributed by atoms with van der Waals surface area (Å²) >= 11 is 1.39. The molecule has 7 nitrogen and oxygen atoms in total. The molecule has 0 aromatic heterocycles. The van der Waals surface area contributed by atoms with Crippen molar-refractivity contribution in [1.82, 2.24) is 5.32 Å². The van der Waals surface area contributed by atoms with Crippen LogP contribution in [0.4, 0.5) is 17.1 Å². The van der Waals surface area contributed by atoms with Crippen LogP contribution in [0.25, 0.3) is 6.08 Å². The van der Waals surface area contributed by atoms with Gasteiger partial charge in [0, 0.05) is 41.6 Å². The Morgan fingerprint density at radius 1 is 0.729 bits per heavy atom. The van der Waals surface area contributed by atoms with Gasteiger partial charge in [0.2, 0.25) is 5.91 Å². The third-order valence-electron chi connectivity index (χ3n) is 7.80. The zero-order chi connectivity index (χ0) is 34.0. The summed E-state index contributed by atoms with van der Waals surface area (Å²) in [6.07, 6.45) is 1.65. The summed E-state index contributed by atoms with van der Waals surface area (Å²) in [5, 5.41) is 8.30. The molecule has 0 fully saturated rings. The van der Waals surface area contributed by atoms with Crippen molar-refractivity contribution in [3.05, 3.63) is 161 Å². The number of benzene rings is 5. The average Bonchev–Trinajstić information content (AvgIpc) is 3.10. The Balaban J connectivity index is 1.39. The first-order valence-electron chi connectivity index (χ1n) is 15.5. The van der Waals surface area contributed by atoms with E-state index in [9.17, 15) is 14.4 Å². The Labute approximate surface area is 286 Å². The second kappa shape index (κ2) is 15.8. The van der Waals surface area contributed by atoms with Gasteiger partial charge >= 0.3 is 0 Å². The number of thioether (sulfide) groups is 1. The van der Waals surface area contributed by atoms with E-state index < -0.39 is 17.1 Å². The van der Waals surface area contributed by atoms with Gasteiger partial charge in [-0.3, -0.25) is 14.4 Å². The topological polar surface area (TPSA) is 90.5 Å². The highest BCUT2D eigenvalue weighted by Gasteiger charge is 2.23. The van der Waals surface area contributed by atoms with E-state index in [1.54, 1.807) is 36.4 Å². The Kier molecular flexibility index (Phi) is 11.1. The van der Waals surface area contributed by atoms with Gasteiger partial charge in [-0.2, -0.15) is 0 Å². The highest BCUT2D eigenvalue weighted by Crippen LogP contribution is 2.37. The number of rotatable bonds is 11.